The van der Waals surface area contributed by atoms with Gasteiger partial charge in [0.15, 0.2) is 0 Å². The predicted molar refractivity (Wildman–Crippen MR) is 66.7 cm³/mol. The van der Waals surface area contributed by atoms with Gasteiger partial charge in [-0.05, 0) is 38.1 Å². The highest BCUT2D eigenvalue weighted by atomic mass is 14.9. The third-order valence-electron chi connectivity index (χ3n) is 3.51. The van der Waals surface area contributed by atoms with Gasteiger partial charge in [-0.2, -0.15) is 0 Å². The highest BCUT2D eigenvalue weighted by molar-refractivity contribution is 5.00. The van der Waals surface area contributed by atoms with Crippen molar-refractivity contribution in [2.45, 2.75) is 58.9 Å². The molecule has 1 N–H and O–H groups in total. The van der Waals surface area contributed by atoms with Crippen LogP contribution in [0.2, 0.25) is 0 Å². The van der Waals surface area contributed by atoms with Crippen LogP contribution in [-0.4, -0.2) is 12.6 Å². The average molecular weight is 207 g/mol. The lowest BCUT2D eigenvalue weighted by atomic mass is 9.78. The molecule has 1 saturated carbocycles. The molecule has 1 aliphatic carbocycles. The Morgan fingerprint density at radius 1 is 1.40 bits per heavy atom. The van der Waals surface area contributed by atoms with Gasteiger partial charge < -0.3 is 5.32 Å². The van der Waals surface area contributed by atoms with Crippen molar-refractivity contribution in [1.29, 1.82) is 0 Å². The molecule has 3 unspecified atom stereocenters. The Balaban J connectivity index is 2.47. The van der Waals surface area contributed by atoms with Crippen molar-refractivity contribution in [3.63, 3.8) is 0 Å². The van der Waals surface area contributed by atoms with Crippen LogP contribution in [0.4, 0.5) is 0 Å². The van der Waals surface area contributed by atoms with E-state index in [-0.39, 0.29) is 0 Å². The maximum absolute atomic E-state index is 3.61. The molecular formula is C14H25N. The Labute approximate surface area is 95.0 Å². The van der Waals surface area contributed by atoms with E-state index in [1.807, 2.05) is 6.92 Å². The standard InChI is InChI=1S/C14H25N/c1-4-6-10-14(15-5-2)13-9-7-8-12(3)11-13/h12-15H,5,7-11H2,1-3H3. The number of rotatable bonds is 4. The fourth-order valence-corrected chi connectivity index (χ4v) is 2.73. The van der Waals surface area contributed by atoms with Crippen LogP contribution < -0.4 is 5.32 Å². The molecule has 3 atom stereocenters. The van der Waals surface area contributed by atoms with Crippen molar-refractivity contribution < 1.29 is 0 Å². The highest BCUT2D eigenvalue weighted by Gasteiger charge is 2.25. The van der Waals surface area contributed by atoms with Crippen LogP contribution >= 0.6 is 0 Å². The molecule has 1 rings (SSSR count). The van der Waals surface area contributed by atoms with E-state index in [9.17, 15) is 0 Å². The fourth-order valence-electron chi connectivity index (χ4n) is 2.73. The summed E-state index contributed by atoms with van der Waals surface area (Å²) in [6.45, 7) is 7.59. The summed E-state index contributed by atoms with van der Waals surface area (Å²) in [5.74, 6) is 8.02. The minimum atomic E-state index is 0.630. The lowest BCUT2D eigenvalue weighted by Crippen LogP contribution is -2.38. The SMILES string of the molecule is CC#CCC(NCC)C1CCCC(C)C1. The Kier molecular flexibility index (Phi) is 5.79. The van der Waals surface area contributed by atoms with E-state index in [0.29, 0.717) is 6.04 Å². The first-order chi connectivity index (χ1) is 7.27. The number of hydrogen-bond donors (Lipinski definition) is 1. The van der Waals surface area contributed by atoms with Crippen molar-refractivity contribution in [2.75, 3.05) is 6.54 Å². The second-order valence-electron chi connectivity index (χ2n) is 4.83. The summed E-state index contributed by atoms with van der Waals surface area (Å²) in [6, 6.07) is 0.630. The molecule has 0 saturated heterocycles. The summed E-state index contributed by atoms with van der Waals surface area (Å²) in [7, 11) is 0. The van der Waals surface area contributed by atoms with Crippen molar-refractivity contribution in [2.24, 2.45) is 11.8 Å². The molecule has 0 spiro atoms. The first-order valence-electron chi connectivity index (χ1n) is 6.40. The van der Waals surface area contributed by atoms with E-state index in [1.54, 1.807) is 0 Å². The van der Waals surface area contributed by atoms with Crippen molar-refractivity contribution in [1.82, 2.24) is 5.32 Å². The van der Waals surface area contributed by atoms with Crippen LogP contribution in [0.1, 0.15) is 52.9 Å². The van der Waals surface area contributed by atoms with Crippen LogP contribution in [-0.2, 0) is 0 Å². The first kappa shape index (κ1) is 12.6. The van der Waals surface area contributed by atoms with Crippen molar-refractivity contribution >= 4 is 0 Å². The number of hydrogen-bond acceptors (Lipinski definition) is 1. The average Bonchev–Trinajstić information content (AvgIpc) is 2.24. The molecular weight excluding hydrogens is 182 g/mol. The van der Waals surface area contributed by atoms with E-state index in [0.717, 1.165) is 24.8 Å². The van der Waals surface area contributed by atoms with Crippen LogP contribution in [0.15, 0.2) is 0 Å². The summed E-state index contributed by atoms with van der Waals surface area (Å²) in [4.78, 5) is 0. The molecule has 86 valence electrons. The maximum atomic E-state index is 3.61. The van der Waals surface area contributed by atoms with E-state index >= 15 is 0 Å². The van der Waals surface area contributed by atoms with Gasteiger partial charge in [-0.3, -0.25) is 0 Å². The lowest BCUT2D eigenvalue weighted by molar-refractivity contribution is 0.225. The minimum absolute atomic E-state index is 0.630. The Morgan fingerprint density at radius 3 is 2.80 bits per heavy atom. The fraction of sp³-hybridized carbons (Fsp3) is 0.857. The van der Waals surface area contributed by atoms with Gasteiger partial charge in [-0.1, -0.05) is 26.7 Å². The zero-order valence-corrected chi connectivity index (χ0v) is 10.5. The van der Waals surface area contributed by atoms with Crippen LogP contribution in [0.5, 0.6) is 0 Å². The second kappa shape index (κ2) is 6.90. The normalized spacial score (nSPS) is 27.9. The Hall–Kier alpha value is -0.480. The molecule has 0 aromatic heterocycles. The Bertz CT molecular complexity index is 223. The summed E-state index contributed by atoms with van der Waals surface area (Å²) in [5, 5.41) is 3.61. The zero-order chi connectivity index (χ0) is 11.1. The smallest absolute Gasteiger partial charge is 0.0245 e. The summed E-state index contributed by atoms with van der Waals surface area (Å²) in [6.07, 6.45) is 6.65. The van der Waals surface area contributed by atoms with Crippen LogP contribution in [0.25, 0.3) is 0 Å². The van der Waals surface area contributed by atoms with Gasteiger partial charge in [0.05, 0.1) is 0 Å². The molecule has 0 heterocycles. The van der Waals surface area contributed by atoms with Gasteiger partial charge >= 0.3 is 0 Å². The summed E-state index contributed by atoms with van der Waals surface area (Å²) < 4.78 is 0. The highest BCUT2D eigenvalue weighted by Crippen LogP contribution is 2.31. The van der Waals surface area contributed by atoms with Crippen molar-refractivity contribution in [3.8, 4) is 11.8 Å². The lowest BCUT2D eigenvalue weighted by Gasteiger charge is -2.33. The molecule has 0 aromatic carbocycles. The molecule has 1 heteroatoms. The number of nitrogens with one attached hydrogen (secondary N) is 1. The molecule has 0 bridgehead atoms. The van der Waals surface area contributed by atoms with Gasteiger partial charge in [-0.15, -0.1) is 11.8 Å². The second-order valence-corrected chi connectivity index (χ2v) is 4.83. The molecule has 15 heavy (non-hydrogen) atoms. The third-order valence-corrected chi connectivity index (χ3v) is 3.51. The minimum Gasteiger partial charge on any atom is -0.313 e. The topological polar surface area (TPSA) is 12.0 Å². The predicted octanol–water partition coefficient (Wildman–Crippen LogP) is 3.20. The molecule has 0 aromatic rings. The Morgan fingerprint density at radius 2 is 2.20 bits per heavy atom. The first-order valence-corrected chi connectivity index (χ1v) is 6.40. The monoisotopic (exact) mass is 207 g/mol. The summed E-state index contributed by atoms with van der Waals surface area (Å²) >= 11 is 0. The van der Waals surface area contributed by atoms with E-state index in [4.69, 9.17) is 0 Å². The van der Waals surface area contributed by atoms with Crippen LogP contribution in [0.3, 0.4) is 0 Å². The van der Waals surface area contributed by atoms with Crippen LogP contribution in [0, 0.1) is 23.7 Å². The molecule has 1 fully saturated rings. The molecule has 1 aliphatic rings. The third kappa shape index (κ3) is 4.26. The molecule has 0 radical (unpaired) electrons. The van der Waals surface area contributed by atoms with Gasteiger partial charge in [0.2, 0.25) is 0 Å². The quantitative estimate of drug-likeness (QED) is 0.698. The zero-order valence-electron chi connectivity index (χ0n) is 10.5. The van der Waals surface area contributed by atoms with Gasteiger partial charge in [0.25, 0.3) is 0 Å². The van der Waals surface area contributed by atoms with E-state index in [2.05, 4.69) is 31.0 Å². The van der Waals surface area contributed by atoms with Gasteiger partial charge in [-0.25, -0.2) is 0 Å². The van der Waals surface area contributed by atoms with E-state index in [1.165, 1.54) is 25.7 Å². The van der Waals surface area contributed by atoms with Gasteiger partial charge in [0, 0.05) is 12.5 Å². The maximum Gasteiger partial charge on any atom is 0.0245 e. The summed E-state index contributed by atoms with van der Waals surface area (Å²) in [5.41, 5.74) is 0. The van der Waals surface area contributed by atoms with E-state index < -0.39 is 0 Å². The molecule has 0 aliphatic heterocycles. The van der Waals surface area contributed by atoms with Crippen molar-refractivity contribution in [3.05, 3.63) is 0 Å². The largest absolute Gasteiger partial charge is 0.313 e. The molecule has 0 amide bonds. The molecule has 1 nitrogen and oxygen atoms in total. The van der Waals surface area contributed by atoms with Gasteiger partial charge in [0.1, 0.15) is 0 Å².